The molecule has 2 aromatic heterocycles. The molecule has 0 saturated heterocycles. The predicted molar refractivity (Wildman–Crippen MR) is 81.8 cm³/mol. The minimum atomic E-state index is -0.947. The second kappa shape index (κ2) is 5.76. The van der Waals surface area contributed by atoms with Gasteiger partial charge in [0.1, 0.15) is 5.65 Å². The lowest BCUT2D eigenvalue weighted by Crippen LogP contribution is -2.27. The van der Waals surface area contributed by atoms with Crippen molar-refractivity contribution >= 4 is 17.4 Å². The first-order valence-corrected chi connectivity index (χ1v) is 7.63. The molecule has 1 fully saturated rings. The van der Waals surface area contributed by atoms with Gasteiger partial charge < -0.3 is 10.4 Å². The van der Waals surface area contributed by atoms with Gasteiger partial charge in [0.15, 0.2) is 11.5 Å². The van der Waals surface area contributed by atoms with Gasteiger partial charge >= 0.3 is 5.97 Å². The zero-order valence-electron chi connectivity index (χ0n) is 12.2. The maximum Gasteiger partial charge on any atom is 0.356 e. The van der Waals surface area contributed by atoms with Crippen LogP contribution in [0.4, 0.5) is 5.82 Å². The van der Waals surface area contributed by atoms with Crippen molar-refractivity contribution in [1.29, 1.82) is 0 Å². The standard InChI is InChI=1S/C16H21N3O2/c1-11-7-3-2-4-8-12(11)17-15-14(16(20)21)19-10-6-5-9-13(19)18-15/h5-6,9-12,17H,2-4,7-8H2,1H3,(H,20,21). The van der Waals surface area contributed by atoms with Crippen molar-refractivity contribution in [2.24, 2.45) is 5.92 Å². The van der Waals surface area contributed by atoms with Crippen LogP contribution in [0.2, 0.25) is 0 Å². The molecule has 0 aromatic carbocycles. The minimum Gasteiger partial charge on any atom is -0.476 e. The van der Waals surface area contributed by atoms with Crippen molar-refractivity contribution in [2.45, 2.75) is 45.1 Å². The van der Waals surface area contributed by atoms with Crippen LogP contribution in [0.15, 0.2) is 24.4 Å². The Hall–Kier alpha value is -2.04. The lowest BCUT2D eigenvalue weighted by atomic mass is 9.97. The highest BCUT2D eigenvalue weighted by molar-refractivity contribution is 5.93. The number of imidazole rings is 1. The summed E-state index contributed by atoms with van der Waals surface area (Å²) >= 11 is 0. The number of anilines is 1. The monoisotopic (exact) mass is 287 g/mol. The van der Waals surface area contributed by atoms with Crippen LogP contribution in [-0.4, -0.2) is 26.5 Å². The van der Waals surface area contributed by atoms with Crippen molar-refractivity contribution in [1.82, 2.24) is 9.38 Å². The fourth-order valence-electron chi connectivity index (χ4n) is 3.18. The van der Waals surface area contributed by atoms with Crippen molar-refractivity contribution in [3.63, 3.8) is 0 Å². The summed E-state index contributed by atoms with van der Waals surface area (Å²) in [5, 5.41) is 12.9. The Kier molecular flexibility index (Phi) is 3.82. The third kappa shape index (κ3) is 2.73. The number of nitrogens with one attached hydrogen (secondary N) is 1. The number of hydrogen-bond acceptors (Lipinski definition) is 3. The molecule has 2 atom stereocenters. The quantitative estimate of drug-likeness (QED) is 0.849. The highest BCUT2D eigenvalue weighted by atomic mass is 16.4. The van der Waals surface area contributed by atoms with E-state index in [2.05, 4.69) is 17.2 Å². The van der Waals surface area contributed by atoms with Gasteiger partial charge in [-0.1, -0.05) is 32.3 Å². The van der Waals surface area contributed by atoms with E-state index in [0.29, 0.717) is 23.4 Å². The van der Waals surface area contributed by atoms with E-state index in [0.717, 1.165) is 6.42 Å². The van der Waals surface area contributed by atoms with Crippen LogP contribution in [0.1, 0.15) is 49.5 Å². The number of pyridine rings is 1. The molecule has 3 rings (SSSR count). The normalized spacial score (nSPS) is 22.9. The molecule has 2 N–H and O–H groups in total. The summed E-state index contributed by atoms with van der Waals surface area (Å²) in [6.07, 6.45) is 7.72. The molecule has 2 aromatic rings. The molecule has 21 heavy (non-hydrogen) atoms. The van der Waals surface area contributed by atoms with Gasteiger partial charge in [-0.2, -0.15) is 0 Å². The average molecular weight is 287 g/mol. The van der Waals surface area contributed by atoms with E-state index < -0.39 is 5.97 Å². The molecule has 112 valence electrons. The third-order valence-electron chi connectivity index (χ3n) is 4.42. The van der Waals surface area contributed by atoms with Gasteiger partial charge in [-0.25, -0.2) is 9.78 Å². The van der Waals surface area contributed by atoms with Gasteiger partial charge in [-0.05, 0) is 30.9 Å². The number of aromatic nitrogens is 2. The first-order chi connectivity index (χ1) is 10.2. The molecule has 1 aliphatic rings. The number of carbonyl (C=O) groups is 1. The Morgan fingerprint density at radius 1 is 1.33 bits per heavy atom. The van der Waals surface area contributed by atoms with Gasteiger partial charge in [-0.3, -0.25) is 4.40 Å². The first kappa shape index (κ1) is 13.9. The van der Waals surface area contributed by atoms with E-state index in [9.17, 15) is 9.90 Å². The van der Waals surface area contributed by atoms with E-state index in [1.165, 1.54) is 25.7 Å². The van der Waals surface area contributed by atoms with Crippen LogP contribution >= 0.6 is 0 Å². The zero-order chi connectivity index (χ0) is 14.8. The number of nitrogens with zero attached hydrogens (tertiary/aromatic N) is 2. The average Bonchev–Trinajstić information content (AvgIpc) is 2.71. The Balaban J connectivity index is 1.95. The summed E-state index contributed by atoms with van der Waals surface area (Å²) in [7, 11) is 0. The molecule has 0 amide bonds. The SMILES string of the molecule is CC1CCCCCC1Nc1nc2ccccn2c1C(=O)O. The van der Waals surface area contributed by atoms with E-state index in [-0.39, 0.29) is 5.69 Å². The largest absolute Gasteiger partial charge is 0.476 e. The van der Waals surface area contributed by atoms with Crippen molar-refractivity contribution in [3.05, 3.63) is 30.1 Å². The van der Waals surface area contributed by atoms with Crippen LogP contribution in [0, 0.1) is 5.92 Å². The fraction of sp³-hybridized carbons (Fsp3) is 0.500. The molecule has 0 bridgehead atoms. The van der Waals surface area contributed by atoms with Crippen molar-refractivity contribution < 1.29 is 9.90 Å². The van der Waals surface area contributed by atoms with Crippen LogP contribution in [0.3, 0.4) is 0 Å². The highest BCUT2D eigenvalue weighted by Crippen LogP contribution is 2.27. The van der Waals surface area contributed by atoms with Crippen molar-refractivity contribution in [3.8, 4) is 0 Å². The number of carboxylic acid groups (broad SMARTS) is 1. The van der Waals surface area contributed by atoms with Gasteiger partial charge in [0.25, 0.3) is 0 Å². The number of aromatic carboxylic acids is 1. The van der Waals surface area contributed by atoms with E-state index in [1.807, 2.05) is 18.2 Å². The summed E-state index contributed by atoms with van der Waals surface area (Å²) in [5.41, 5.74) is 0.890. The minimum absolute atomic E-state index is 0.224. The third-order valence-corrected chi connectivity index (χ3v) is 4.42. The molecule has 0 radical (unpaired) electrons. The van der Waals surface area contributed by atoms with Crippen LogP contribution in [0.25, 0.3) is 5.65 Å². The van der Waals surface area contributed by atoms with E-state index >= 15 is 0 Å². The second-order valence-electron chi connectivity index (χ2n) is 5.91. The molecule has 1 saturated carbocycles. The van der Waals surface area contributed by atoms with Crippen LogP contribution < -0.4 is 5.32 Å². The maximum atomic E-state index is 11.6. The lowest BCUT2D eigenvalue weighted by Gasteiger charge is -2.22. The molecule has 5 heteroatoms. The Morgan fingerprint density at radius 3 is 2.95 bits per heavy atom. The summed E-state index contributed by atoms with van der Waals surface area (Å²) in [6, 6.07) is 5.81. The van der Waals surface area contributed by atoms with Gasteiger partial charge in [0.2, 0.25) is 0 Å². The van der Waals surface area contributed by atoms with Gasteiger partial charge in [0, 0.05) is 12.2 Å². The lowest BCUT2D eigenvalue weighted by molar-refractivity contribution is 0.0690. The smallest absolute Gasteiger partial charge is 0.356 e. The van der Waals surface area contributed by atoms with E-state index in [1.54, 1.807) is 10.6 Å². The summed E-state index contributed by atoms with van der Waals surface area (Å²) in [6.45, 7) is 2.24. The fourth-order valence-corrected chi connectivity index (χ4v) is 3.18. The number of carboxylic acids is 1. The summed E-state index contributed by atoms with van der Waals surface area (Å²) in [5.74, 6) is 0.0869. The van der Waals surface area contributed by atoms with Crippen molar-refractivity contribution in [2.75, 3.05) is 5.32 Å². The second-order valence-corrected chi connectivity index (χ2v) is 5.91. The predicted octanol–water partition coefficient (Wildman–Crippen LogP) is 3.41. The zero-order valence-corrected chi connectivity index (χ0v) is 12.2. The van der Waals surface area contributed by atoms with Gasteiger partial charge in [-0.15, -0.1) is 0 Å². The number of fused-ring (bicyclic) bond motifs is 1. The molecule has 2 unspecified atom stereocenters. The van der Waals surface area contributed by atoms with Gasteiger partial charge in [0.05, 0.1) is 0 Å². The molecule has 0 aliphatic heterocycles. The molecule has 0 spiro atoms. The van der Waals surface area contributed by atoms with Crippen LogP contribution in [-0.2, 0) is 0 Å². The molecule has 1 aliphatic carbocycles. The Bertz CT molecular complexity index is 650. The van der Waals surface area contributed by atoms with E-state index in [4.69, 9.17) is 0 Å². The molecule has 5 nitrogen and oxygen atoms in total. The first-order valence-electron chi connectivity index (χ1n) is 7.63. The summed E-state index contributed by atoms with van der Waals surface area (Å²) < 4.78 is 1.63. The number of hydrogen-bond donors (Lipinski definition) is 2. The molecular weight excluding hydrogens is 266 g/mol. The number of rotatable bonds is 3. The molecule has 2 heterocycles. The summed E-state index contributed by atoms with van der Waals surface area (Å²) in [4.78, 5) is 16.1. The Labute approximate surface area is 124 Å². The molecular formula is C16H21N3O2. The maximum absolute atomic E-state index is 11.6. The van der Waals surface area contributed by atoms with Crippen LogP contribution in [0.5, 0.6) is 0 Å². The Morgan fingerprint density at radius 2 is 2.14 bits per heavy atom. The highest BCUT2D eigenvalue weighted by Gasteiger charge is 2.24. The topological polar surface area (TPSA) is 66.6 Å².